The summed E-state index contributed by atoms with van der Waals surface area (Å²) in [5, 5.41) is 34.7. The molecule has 0 spiro atoms. The van der Waals surface area contributed by atoms with E-state index in [1.807, 2.05) is 180 Å². The Hall–Kier alpha value is -12.6. The smallest absolute Gasteiger partial charge is 0.258 e. The fourth-order valence-corrected chi connectivity index (χ4v) is 20.0. The number of aromatic nitrogens is 12. The number of carbonyl (C=O) groups excluding carboxylic acids is 6. The number of hydrogen-bond acceptors (Lipinski definition) is 17. The van der Waals surface area contributed by atoms with E-state index in [-0.39, 0.29) is 59.0 Å². The third kappa shape index (κ3) is 21.9. The molecule has 8 aromatic heterocycles. The van der Waals surface area contributed by atoms with Gasteiger partial charge in [-0.05, 0) is 197 Å². The molecule has 4 aliphatic rings. The summed E-state index contributed by atoms with van der Waals surface area (Å²) in [5.41, 5.74) is 16.4. The Labute approximate surface area is 799 Å². The molecular weight excluding hydrogens is 1790 g/mol. The average molecular weight is 1900 g/mol. The van der Waals surface area contributed by atoms with Gasteiger partial charge in [-0.15, -0.1) is 6.42 Å². The van der Waals surface area contributed by atoms with Crippen LogP contribution < -0.4 is 21.3 Å². The number of likely N-dealkylation sites (tertiary alicyclic amines) is 3. The summed E-state index contributed by atoms with van der Waals surface area (Å²) >= 11 is 26.8. The minimum absolute atomic E-state index is 0.0790. The lowest BCUT2D eigenvalue weighted by atomic mass is 10.0. The van der Waals surface area contributed by atoms with Gasteiger partial charge in [0.25, 0.3) is 23.6 Å². The molecule has 1 unspecified atom stereocenters. The van der Waals surface area contributed by atoms with Crippen molar-refractivity contribution in [1.29, 1.82) is 0 Å². The predicted octanol–water partition coefficient (Wildman–Crippen LogP) is 19.7. The van der Waals surface area contributed by atoms with Gasteiger partial charge in [-0.25, -0.2) is 43.0 Å². The molecular formula is C102H108Cl4N20O7S. The summed E-state index contributed by atoms with van der Waals surface area (Å²) in [4.78, 5) is 101. The van der Waals surface area contributed by atoms with Crippen LogP contribution >= 0.6 is 46.4 Å². The Morgan fingerprint density at radius 1 is 0.418 bits per heavy atom. The number of terminal acetylenes is 1. The van der Waals surface area contributed by atoms with Crippen LogP contribution in [0, 0.1) is 60.8 Å². The first-order chi connectivity index (χ1) is 64.4. The summed E-state index contributed by atoms with van der Waals surface area (Å²) in [6.45, 7) is 26.2. The van der Waals surface area contributed by atoms with Gasteiger partial charge in [0.05, 0.1) is 111 Å². The van der Waals surface area contributed by atoms with Crippen molar-refractivity contribution in [2.75, 3.05) is 86.4 Å². The molecule has 27 nitrogen and oxygen atoms in total. The summed E-state index contributed by atoms with van der Waals surface area (Å²) in [6.07, 6.45) is 21.6. The molecule has 4 N–H and O–H groups in total. The maximum Gasteiger partial charge on any atom is 0.258 e. The van der Waals surface area contributed by atoms with E-state index in [9.17, 15) is 33.0 Å². The number of fused-ring (bicyclic) bond motifs is 4. The van der Waals surface area contributed by atoms with Crippen LogP contribution in [0.15, 0.2) is 176 Å². The van der Waals surface area contributed by atoms with E-state index in [1.54, 1.807) is 55.8 Å². The lowest BCUT2D eigenvalue weighted by Crippen LogP contribution is -2.38. The Morgan fingerprint density at radius 2 is 0.716 bits per heavy atom. The molecule has 1 atom stereocenters. The van der Waals surface area contributed by atoms with E-state index in [0.717, 1.165) is 152 Å². The van der Waals surface area contributed by atoms with Crippen molar-refractivity contribution in [2.45, 2.75) is 151 Å². The molecule has 18 rings (SSSR count). The maximum absolute atomic E-state index is 13.2. The number of piperidine rings is 4. The minimum Gasteiger partial charge on any atom is -0.343 e. The number of carbonyl (C=O) groups is 6. The molecule has 692 valence electrons. The van der Waals surface area contributed by atoms with Gasteiger partial charge in [-0.2, -0.15) is 20.4 Å². The van der Waals surface area contributed by atoms with E-state index in [4.69, 9.17) is 63.0 Å². The van der Waals surface area contributed by atoms with E-state index in [1.165, 1.54) is 30.6 Å². The van der Waals surface area contributed by atoms with Crippen LogP contribution in [0.25, 0.3) is 44.1 Å². The zero-order valence-corrected chi connectivity index (χ0v) is 80.5. The molecule has 0 saturated carbocycles. The SMILES string of the molecule is C#Cc1ccc(CN2CCC(n3nc(C)c4c(Cl)c(C(=O)Nc5ccc(C(=O)c6ccccc6)cc5)cnc43)CC2)cc1.C=S(C)(=O)N1CCC(n2nc(C)c3c(Cl)c(C(=O)Nc4ccc(C)cc4)cnc32)CC1.CC(=O)N1CCC(n2nc(C)c3c(Cl)c(C(=O)Nc4ccc(C)cc4)cnc32)CC1.CCCN1CCC(n2nc(C)c3c(Cl)c(C(=O)Nc4ccc(C)cc4)cnc32)CC1. The largest absolute Gasteiger partial charge is 0.343 e. The first kappa shape index (κ1) is 96.0. The van der Waals surface area contributed by atoms with Crippen molar-refractivity contribution < 1.29 is 33.0 Å². The van der Waals surface area contributed by atoms with Gasteiger partial charge in [0.15, 0.2) is 28.4 Å². The number of nitrogens with zero attached hydrogens (tertiary/aromatic N) is 16. The van der Waals surface area contributed by atoms with Crippen LogP contribution in [0.5, 0.6) is 0 Å². The first-order valence-corrected chi connectivity index (χ1v) is 48.6. The number of hydrogen-bond donors (Lipinski definition) is 4. The average Bonchev–Trinajstić information content (AvgIpc) is 1.62. The van der Waals surface area contributed by atoms with Crippen LogP contribution in [0.2, 0.25) is 20.1 Å². The number of benzene rings is 6. The molecule has 4 saturated heterocycles. The van der Waals surface area contributed by atoms with Crippen LogP contribution in [-0.2, 0) is 21.0 Å². The molecule has 12 heterocycles. The van der Waals surface area contributed by atoms with Gasteiger partial charge in [0.2, 0.25) is 5.91 Å². The number of ketones is 1. The summed E-state index contributed by atoms with van der Waals surface area (Å²) in [7, 11) is -2.20. The zero-order valence-electron chi connectivity index (χ0n) is 76.7. The zero-order chi connectivity index (χ0) is 94.9. The minimum atomic E-state index is -2.20. The Morgan fingerprint density at radius 3 is 1.02 bits per heavy atom. The fourth-order valence-electron chi connectivity index (χ4n) is 17.6. The van der Waals surface area contributed by atoms with Gasteiger partial charge in [0.1, 0.15) is 0 Å². The van der Waals surface area contributed by atoms with E-state index in [0.29, 0.717) is 130 Å². The van der Waals surface area contributed by atoms with Crippen molar-refractivity contribution in [3.63, 3.8) is 0 Å². The molecule has 0 radical (unpaired) electrons. The highest BCUT2D eigenvalue weighted by Crippen LogP contribution is 2.40. The molecule has 4 aliphatic heterocycles. The molecule has 32 heteroatoms. The van der Waals surface area contributed by atoms with E-state index >= 15 is 0 Å². The highest BCUT2D eigenvalue weighted by atomic mass is 35.5. The number of amides is 5. The number of pyridine rings is 4. The molecule has 134 heavy (non-hydrogen) atoms. The van der Waals surface area contributed by atoms with Gasteiger partial charge in [-0.3, -0.25) is 37.9 Å². The Kier molecular flexibility index (Phi) is 30.3. The van der Waals surface area contributed by atoms with Crippen LogP contribution in [-0.4, -0.2) is 189 Å². The fraction of sp³-hybridized carbons (Fsp3) is 0.324. The number of rotatable bonds is 19. The third-order valence-corrected chi connectivity index (χ3v) is 28.1. The summed E-state index contributed by atoms with van der Waals surface area (Å²) < 4.78 is 21.9. The molecule has 14 aromatic rings. The lowest BCUT2D eigenvalue weighted by molar-refractivity contribution is -0.130. The predicted molar refractivity (Wildman–Crippen MR) is 535 cm³/mol. The van der Waals surface area contributed by atoms with Crippen molar-refractivity contribution >= 4 is 164 Å². The summed E-state index contributed by atoms with van der Waals surface area (Å²) in [5.74, 6) is 5.20. The van der Waals surface area contributed by atoms with Gasteiger partial charge < -0.3 is 31.1 Å². The van der Waals surface area contributed by atoms with Crippen LogP contribution in [0.4, 0.5) is 22.7 Å². The van der Waals surface area contributed by atoms with Crippen molar-refractivity contribution in [1.82, 2.24) is 78.1 Å². The first-order valence-electron chi connectivity index (χ1n) is 45.0. The molecule has 4 fully saturated rings. The van der Waals surface area contributed by atoms with Crippen LogP contribution in [0.1, 0.15) is 204 Å². The quantitative estimate of drug-likeness (QED) is 0.0332. The number of halogens is 4. The molecule has 0 aliphatic carbocycles. The second-order valence-electron chi connectivity index (χ2n) is 34.8. The van der Waals surface area contributed by atoms with Crippen molar-refractivity contribution in [2.24, 2.45) is 0 Å². The van der Waals surface area contributed by atoms with Gasteiger partial charge in [-0.1, -0.05) is 155 Å². The monoisotopic (exact) mass is 1900 g/mol. The van der Waals surface area contributed by atoms with Crippen molar-refractivity contribution in [3.05, 3.63) is 281 Å². The van der Waals surface area contributed by atoms with Gasteiger partial charge in [0, 0.05) is 146 Å². The third-order valence-electron chi connectivity index (χ3n) is 25.1. The normalized spacial score (nSPS) is 15.4. The van der Waals surface area contributed by atoms with E-state index < -0.39 is 9.71 Å². The van der Waals surface area contributed by atoms with E-state index in [2.05, 4.69) is 92.0 Å². The second-order valence-corrected chi connectivity index (χ2v) is 38.8. The molecule has 5 amide bonds. The number of anilines is 4. The highest BCUT2D eigenvalue weighted by molar-refractivity contribution is 7.97. The Balaban J connectivity index is 0.000000138. The van der Waals surface area contributed by atoms with Crippen LogP contribution in [0.3, 0.4) is 0 Å². The topological polar surface area (TPSA) is 303 Å². The highest BCUT2D eigenvalue weighted by Gasteiger charge is 2.33. The van der Waals surface area contributed by atoms with Crippen molar-refractivity contribution in [3.8, 4) is 12.3 Å². The second kappa shape index (κ2) is 42.3. The Bertz CT molecular complexity index is 6870. The maximum atomic E-state index is 13.2. The number of aryl methyl sites for hydroxylation is 7. The molecule has 0 bridgehead atoms. The number of nitrogens with one attached hydrogen (secondary N) is 4. The molecule has 6 aromatic carbocycles. The summed E-state index contributed by atoms with van der Waals surface area (Å²) in [6, 6.07) is 47.6. The van der Waals surface area contributed by atoms with Gasteiger partial charge >= 0.3 is 0 Å². The standard InChI is InChI=1S/C35H30ClN5O2.C23H28ClN5O.C22H26ClN5O2S.C22H24ClN5O2/c1-3-24-9-11-25(12-10-24)22-40-19-17-29(18-20-40)41-34-31(23(2)39-41)32(36)30(21-37-34)35(43)38-28-15-13-27(14-16-28)33(42)26-7-5-4-6-8-26;1-4-11-28-12-9-18(10-13-28)29-22-20(16(3)27-29)21(24)19(14-25-22)23(30)26-17-7-5-15(2)6-8-17;1-14-5-7-16(8-6-14)25-22(29)18-13-24-21-19(20(18)23)15(2)26-28(21)17-9-11-27(12-10-17)31(3,4)30;1-13-4-6-16(7-5-13)25-22(30)18-12-24-21-19(20(18)23)14(2)26-28(21)17-8-10-27(11-9-17)15(3)29/h1,4-16,21,29H,17-20,22H2,2H3,(H,38,43);5-8,14,18H,4,9-13H2,1-3H3,(H,26,30);5-8,13,17H,3,9-12H2,1-2,4H3,(H,25,29);4-7,12,17H,8-11H2,1-3H3,(H,25,30). The lowest BCUT2D eigenvalue weighted by Gasteiger charge is -2.32.